The smallest absolute Gasteiger partial charge is 0.405 e. The van der Waals surface area contributed by atoms with Crippen LogP contribution in [-0.2, 0) is 11.2 Å². The Kier molecular flexibility index (Phi) is 7.19. The van der Waals surface area contributed by atoms with Crippen molar-refractivity contribution >= 4 is 39.2 Å². The van der Waals surface area contributed by atoms with E-state index in [0.717, 1.165) is 28.6 Å². The van der Waals surface area contributed by atoms with Crippen molar-refractivity contribution in [2.45, 2.75) is 43.8 Å². The minimum absolute atomic E-state index is 0.217. The fourth-order valence-electron chi connectivity index (χ4n) is 3.15. The van der Waals surface area contributed by atoms with Crippen molar-refractivity contribution in [1.29, 1.82) is 0 Å². The predicted molar refractivity (Wildman–Crippen MR) is 120 cm³/mol. The molecule has 0 bridgehead atoms. The molecule has 2 heterocycles. The topological polar surface area (TPSA) is 73.2 Å². The molecule has 3 aromatic rings. The lowest BCUT2D eigenvalue weighted by atomic mass is 10.2. The van der Waals surface area contributed by atoms with Gasteiger partial charge >= 0.3 is 6.18 Å². The average molecular weight is 486 g/mol. The molecule has 0 saturated carbocycles. The second-order valence-electron chi connectivity index (χ2n) is 7.01. The minimum atomic E-state index is -4.51. The standard InChI is InChI=1S/C21H22F3N3O3S2/c1-5-15-11(2)16-18(32-15)26-20(31-12(3)17(28)25-10-21(22,23)24)27(19(16)29)13-7-6-8-14(9-13)30-4/h6-9,12H,5,10H2,1-4H3,(H,25,28). The summed E-state index contributed by atoms with van der Waals surface area (Å²) in [5.74, 6) is -0.270. The summed E-state index contributed by atoms with van der Waals surface area (Å²) in [6.07, 6.45) is -3.77. The summed E-state index contributed by atoms with van der Waals surface area (Å²) >= 11 is 2.33. The van der Waals surface area contributed by atoms with E-state index in [4.69, 9.17) is 4.74 Å². The number of carbonyl (C=O) groups is 1. The lowest BCUT2D eigenvalue weighted by Crippen LogP contribution is -2.38. The number of methoxy groups -OCH3 is 1. The first-order valence-electron chi connectivity index (χ1n) is 9.76. The number of halogens is 3. The number of fused-ring (bicyclic) bond motifs is 1. The van der Waals surface area contributed by atoms with Crippen molar-refractivity contribution in [2.24, 2.45) is 0 Å². The van der Waals surface area contributed by atoms with Crippen LogP contribution in [0.25, 0.3) is 15.9 Å². The molecule has 0 aliphatic carbocycles. The molecule has 1 atom stereocenters. The summed E-state index contributed by atoms with van der Waals surface area (Å²) in [6.45, 7) is 3.91. The van der Waals surface area contributed by atoms with Crippen LogP contribution in [0.4, 0.5) is 13.2 Å². The zero-order valence-electron chi connectivity index (χ0n) is 17.9. The van der Waals surface area contributed by atoms with Crippen LogP contribution in [0.2, 0.25) is 0 Å². The highest BCUT2D eigenvalue weighted by atomic mass is 32.2. The Balaban J connectivity index is 2.11. The predicted octanol–water partition coefficient (Wildman–Crippen LogP) is 4.49. The first-order chi connectivity index (χ1) is 15.1. The third kappa shape index (κ3) is 5.09. The maximum Gasteiger partial charge on any atom is 0.405 e. The molecular formula is C21H22F3N3O3S2. The summed E-state index contributed by atoms with van der Waals surface area (Å²) in [5, 5.41) is 1.68. The number of alkyl halides is 3. The summed E-state index contributed by atoms with van der Waals surface area (Å²) in [5.41, 5.74) is 1.04. The highest BCUT2D eigenvalue weighted by molar-refractivity contribution is 8.00. The van der Waals surface area contributed by atoms with Crippen LogP contribution in [0, 0.1) is 6.92 Å². The van der Waals surface area contributed by atoms with Gasteiger partial charge in [0.25, 0.3) is 5.56 Å². The first kappa shape index (κ1) is 24.1. The normalized spacial score (nSPS) is 12.7. The van der Waals surface area contributed by atoms with Crippen LogP contribution in [0.5, 0.6) is 5.75 Å². The molecule has 11 heteroatoms. The maximum absolute atomic E-state index is 13.5. The van der Waals surface area contributed by atoms with Gasteiger partial charge in [0.1, 0.15) is 17.1 Å². The van der Waals surface area contributed by atoms with Crippen molar-refractivity contribution in [3.8, 4) is 11.4 Å². The second-order valence-corrected chi connectivity index (χ2v) is 9.41. The summed E-state index contributed by atoms with van der Waals surface area (Å²) in [4.78, 5) is 32.0. The second kappa shape index (κ2) is 9.53. The van der Waals surface area contributed by atoms with Gasteiger partial charge < -0.3 is 10.1 Å². The molecule has 0 spiro atoms. The largest absolute Gasteiger partial charge is 0.497 e. The van der Waals surface area contributed by atoms with Crippen LogP contribution < -0.4 is 15.6 Å². The number of rotatable bonds is 7. The van der Waals surface area contributed by atoms with Crippen LogP contribution in [0.15, 0.2) is 34.2 Å². The number of carbonyl (C=O) groups excluding carboxylic acids is 1. The lowest BCUT2D eigenvalue weighted by Gasteiger charge is -2.17. The van der Waals surface area contributed by atoms with Gasteiger partial charge in [0.2, 0.25) is 5.91 Å². The van der Waals surface area contributed by atoms with E-state index >= 15 is 0 Å². The molecule has 1 aromatic carbocycles. The summed E-state index contributed by atoms with van der Waals surface area (Å²) in [6, 6.07) is 6.82. The van der Waals surface area contributed by atoms with E-state index in [2.05, 4.69) is 4.98 Å². The Hall–Kier alpha value is -2.53. The van der Waals surface area contributed by atoms with Gasteiger partial charge in [-0.05, 0) is 38.0 Å². The zero-order valence-corrected chi connectivity index (χ0v) is 19.5. The fourth-order valence-corrected chi connectivity index (χ4v) is 5.26. The Labute approximate surface area is 190 Å². The van der Waals surface area contributed by atoms with Gasteiger partial charge in [0, 0.05) is 10.9 Å². The van der Waals surface area contributed by atoms with Crippen LogP contribution in [0.1, 0.15) is 24.3 Å². The SMILES string of the molecule is CCc1sc2nc(SC(C)C(=O)NCC(F)(F)F)n(-c3cccc(OC)c3)c(=O)c2c1C. The molecule has 0 fully saturated rings. The number of aryl methyl sites for hydroxylation is 2. The molecule has 6 nitrogen and oxygen atoms in total. The van der Waals surface area contributed by atoms with Crippen LogP contribution >= 0.6 is 23.1 Å². The number of amides is 1. The first-order valence-corrected chi connectivity index (χ1v) is 11.5. The molecule has 172 valence electrons. The number of nitrogens with zero attached hydrogens (tertiary/aromatic N) is 2. The van der Waals surface area contributed by atoms with Crippen molar-refractivity contribution < 1.29 is 22.7 Å². The third-order valence-corrected chi connectivity index (χ3v) is 7.16. The Morgan fingerprint density at radius 1 is 1.38 bits per heavy atom. The molecule has 3 rings (SSSR count). The molecule has 1 unspecified atom stereocenters. The molecular weight excluding hydrogens is 463 g/mol. The van der Waals surface area contributed by atoms with Gasteiger partial charge in [0.05, 0.1) is 23.4 Å². The number of hydrogen-bond donors (Lipinski definition) is 1. The van der Waals surface area contributed by atoms with E-state index in [9.17, 15) is 22.8 Å². The van der Waals surface area contributed by atoms with Crippen molar-refractivity contribution in [3.05, 3.63) is 45.1 Å². The summed E-state index contributed by atoms with van der Waals surface area (Å²) in [7, 11) is 1.50. The van der Waals surface area contributed by atoms with E-state index < -0.39 is 23.9 Å². The number of aromatic nitrogens is 2. The van der Waals surface area contributed by atoms with Crippen molar-refractivity contribution in [2.75, 3.05) is 13.7 Å². The fraction of sp³-hybridized carbons (Fsp3) is 0.381. The Morgan fingerprint density at radius 2 is 2.09 bits per heavy atom. The Morgan fingerprint density at radius 3 is 2.72 bits per heavy atom. The van der Waals surface area contributed by atoms with E-state index in [1.165, 1.54) is 29.9 Å². The van der Waals surface area contributed by atoms with Gasteiger partial charge in [-0.2, -0.15) is 13.2 Å². The zero-order chi connectivity index (χ0) is 23.6. The van der Waals surface area contributed by atoms with E-state index in [1.54, 1.807) is 24.3 Å². The molecule has 0 aliphatic heterocycles. The average Bonchev–Trinajstić information content (AvgIpc) is 3.07. The molecule has 0 aliphatic rings. The third-order valence-electron chi connectivity index (χ3n) is 4.78. The maximum atomic E-state index is 13.5. The monoisotopic (exact) mass is 485 g/mol. The highest BCUT2D eigenvalue weighted by Crippen LogP contribution is 2.32. The number of nitrogens with one attached hydrogen (secondary N) is 1. The van der Waals surface area contributed by atoms with Gasteiger partial charge in [-0.25, -0.2) is 4.98 Å². The molecule has 2 aromatic heterocycles. The van der Waals surface area contributed by atoms with Crippen LogP contribution in [0.3, 0.4) is 0 Å². The lowest BCUT2D eigenvalue weighted by molar-refractivity contribution is -0.137. The Bertz CT molecular complexity index is 1200. The number of benzene rings is 1. The van der Waals surface area contributed by atoms with Gasteiger partial charge in [-0.3, -0.25) is 14.2 Å². The van der Waals surface area contributed by atoms with Gasteiger partial charge in [-0.1, -0.05) is 24.8 Å². The van der Waals surface area contributed by atoms with Crippen molar-refractivity contribution in [3.63, 3.8) is 0 Å². The number of hydrogen-bond acceptors (Lipinski definition) is 6. The van der Waals surface area contributed by atoms with E-state index in [0.29, 0.717) is 21.7 Å². The van der Waals surface area contributed by atoms with E-state index in [1.807, 2.05) is 19.2 Å². The molecule has 32 heavy (non-hydrogen) atoms. The van der Waals surface area contributed by atoms with E-state index in [-0.39, 0.29) is 10.7 Å². The number of thioether (sulfide) groups is 1. The van der Waals surface area contributed by atoms with Crippen molar-refractivity contribution in [1.82, 2.24) is 14.9 Å². The van der Waals surface area contributed by atoms with Gasteiger partial charge in [-0.15, -0.1) is 11.3 Å². The number of thiophene rings is 1. The minimum Gasteiger partial charge on any atom is -0.497 e. The quantitative estimate of drug-likeness (QED) is 0.395. The molecule has 0 radical (unpaired) electrons. The highest BCUT2D eigenvalue weighted by Gasteiger charge is 2.29. The van der Waals surface area contributed by atoms with Crippen LogP contribution in [-0.4, -0.2) is 40.5 Å². The summed E-state index contributed by atoms with van der Waals surface area (Å²) < 4.78 is 44.1. The van der Waals surface area contributed by atoms with Gasteiger partial charge in [0.15, 0.2) is 5.16 Å². The molecule has 1 N–H and O–H groups in total. The molecule has 0 saturated heterocycles. The number of ether oxygens (including phenoxy) is 1. The molecule has 1 amide bonds.